The summed E-state index contributed by atoms with van der Waals surface area (Å²) in [6, 6.07) is -2.38. The number of ketones is 1. The van der Waals surface area contributed by atoms with E-state index in [1.165, 1.54) is 20.8 Å². The number of hydrogen-bond acceptors (Lipinski definition) is 8. The van der Waals surface area contributed by atoms with Gasteiger partial charge >= 0.3 is 57.4 Å². The van der Waals surface area contributed by atoms with Crippen LogP contribution in [-0.2, 0) is 28.8 Å². The number of carbonyl (C=O) groups excluding carboxylic acids is 5. The summed E-state index contributed by atoms with van der Waals surface area (Å²) in [6.07, 6.45) is -0.526. The fourth-order valence-electron chi connectivity index (χ4n) is 1.72. The molecule has 0 bridgehead atoms. The minimum Gasteiger partial charge on any atom is -0.666 e. The number of likely N-dealkylation sites (N-methyl/N-ethyl adjacent to an activating group) is 1. The molecule has 0 aromatic carbocycles. The summed E-state index contributed by atoms with van der Waals surface area (Å²) >= 11 is 0. The summed E-state index contributed by atoms with van der Waals surface area (Å²) in [5.41, 5.74) is 12.0. The van der Waals surface area contributed by atoms with Gasteiger partial charge in [-0.1, -0.05) is 20.8 Å². The predicted octanol–water partition coefficient (Wildman–Crippen LogP) is -4.29. The number of rotatable bonds is 12. The first kappa shape index (κ1) is 44.5. The average Bonchev–Trinajstić information content (AvgIpc) is 2.75. The Bertz CT molecular complexity index is 650. The fourth-order valence-corrected chi connectivity index (χ4v) is 1.72. The van der Waals surface area contributed by atoms with E-state index in [4.69, 9.17) is 21.7 Å². The van der Waals surface area contributed by atoms with Gasteiger partial charge in [0.25, 0.3) is 0 Å². The van der Waals surface area contributed by atoms with Gasteiger partial charge in [-0.05, 0) is 33.4 Å². The number of aliphatic hydroxyl groups is 1. The zero-order chi connectivity index (χ0) is 28.6. The van der Waals surface area contributed by atoms with Gasteiger partial charge < -0.3 is 42.9 Å². The molecule has 206 valence electrons. The molecule has 0 aromatic rings. The van der Waals surface area contributed by atoms with Crippen LogP contribution in [0.5, 0.6) is 0 Å². The largest absolute Gasteiger partial charge is 1.00 e. The number of Topliss-reactive ketones (excluding diaryl/α,β-unsaturated/α-hetero) is 1. The molecule has 0 saturated heterocycles. The van der Waals surface area contributed by atoms with E-state index in [1.807, 2.05) is 20.8 Å². The third-order valence-electron chi connectivity index (χ3n) is 3.27. The summed E-state index contributed by atoms with van der Waals surface area (Å²) in [7, 11) is 1.60. The topological polar surface area (TPSA) is 241 Å². The number of aliphatic carboxylic acids is 1. The quantitative estimate of drug-likeness (QED) is 0.117. The van der Waals surface area contributed by atoms with Gasteiger partial charge in [-0.3, -0.25) is 28.8 Å². The Labute approximate surface area is 255 Å². The first-order valence-electron chi connectivity index (χ1n) is 11.0. The Balaban J connectivity index is -0.000000132. The molecule has 0 aliphatic rings. The maximum absolute atomic E-state index is 11.0. The molecule has 0 aliphatic carbocycles. The van der Waals surface area contributed by atoms with Crippen molar-refractivity contribution < 1.29 is 90.4 Å². The van der Waals surface area contributed by atoms with E-state index in [0.29, 0.717) is 0 Å². The Morgan fingerprint density at radius 1 is 1.00 bits per heavy atom. The molecule has 15 heteroatoms. The number of aliphatic hydroxyl groups excluding tert-OH is 1. The smallest absolute Gasteiger partial charge is 0.666 e. The molecule has 0 saturated carbocycles. The van der Waals surface area contributed by atoms with E-state index in [2.05, 4.69) is 21.3 Å². The van der Waals surface area contributed by atoms with Crippen molar-refractivity contribution in [1.29, 1.82) is 0 Å². The molecule has 0 rings (SSSR count). The van der Waals surface area contributed by atoms with Crippen LogP contribution in [0.1, 0.15) is 54.4 Å². The summed E-state index contributed by atoms with van der Waals surface area (Å²) in [5, 5.41) is 27.0. The maximum Gasteiger partial charge on any atom is 1.00 e. The average molecular weight is 547 g/mol. The molecule has 4 amide bonds. The van der Waals surface area contributed by atoms with Crippen LogP contribution < -0.4 is 78.4 Å². The van der Waals surface area contributed by atoms with Gasteiger partial charge in [0.2, 0.25) is 23.6 Å². The predicted molar refractivity (Wildman–Crippen MR) is 131 cm³/mol. The van der Waals surface area contributed by atoms with Crippen LogP contribution in [0, 0.1) is 0 Å². The molecule has 14 nitrogen and oxygen atoms in total. The number of carbonyl (C=O) groups is 6. The summed E-state index contributed by atoms with van der Waals surface area (Å²) < 4.78 is 0. The normalized spacial score (nSPS) is 11.4. The Morgan fingerprint density at radius 2 is 1.50 bits per heavy atom. The molecule has 0 aromatic heterocycles. The number of amides is 4. The second-order valence-electron chi connectivity index (χ2n) is 6.77. The molecule has 9 N–H and O–H groups in total. The van der Waals surface area contributed by atoms with E-state index < -0.39 is 42.4 Å². The van der Waals surface area contributed by atoms with E-state index >= 15 is 0 Å². The SMILES string of the molecule is CC.CC(=O)CNC(=O)C([NH-])CC(=O)O.CCCNC(C)=O.CNCC(=O)NC(C(N)=O)C(C)O.[K+]. The molecule has 0 aliphatic heterocycles. The Hall–Kier alpha value is -1.46. The molecule has 0 fully saturated rings. The Kier molecular flexibility index (Phi) is 36.8. The first-order valence-corrected chi connectivity index (χ1v) is 11.0. The van der Waals surface area contributed by atoms with Crippen molar-refractivity contribution in [3.05, 3.63) is 5.73 Å². The van der Waals surface area contributed by atoms with Gasteiger partial charge in [-0.25, -0.2) is 0 Å². The maximum atomic E-state index is 11.0. The van der Waals surface area contributed by atoms with Crippen molar-refractivity contribution in [3.63, 3.8) is 0 Å². The molecular weight excluding hydrogens is 503 g/mol. The van der Waals surface area contributed by atoms with E-state index in [1.54, 1.807) is 7.05 Å². The van der Waals surface area contributed by atoms with Crippen LogP contribution >= 0.6 is 0 Å². The molecule has 3 atom stereocenters. The molecule has 0 radical (unpaired) electrons. The van der Waals surface area contributed by atoms with Crippen LogP contribution in [0.25, 0.3) is 5.73 Å². The van der Waals surface area contributed by atoms with Crippen molar-refractivity contribution in [1.82, 2.24) is 21.3 Å². The van der Waals surface area contributed by atoms with Crippen molar-refractivity contribution in [2.45, 2.75) is 72.6 Å². The number of nitrogens with one attached hydrogen (secondary N) is 5. The molecule has 36 heavy (non-hydrogen) atoms. The van der Waals surface area contributed by atoms with E-state index in [-0.39, 0.29) is 82.1 Å². The summed E-state index contributed by atoms with van der Waals surface area (Å²) in [4.78, 5) is 63.1. The van der Waals surface area contributed by atoms with Gasteiger partial charge in [0.1, 0.15) is 11.8 Å². The van der Waals surface area contributed by atoms with Gasteiger partial charge in [0, 0.05) is 19.9 Å². The van der Waals surface area contributed by atoms with E-state index in [0.717, 1.165) is 13.0 Å². The van der Waals surface area contributed by atoms with Gasteiger partial charge in [0.05, 0.1) is 19.2 Å². The monoisotopic (exact) mass is 546 g/mol. The molecular formula is C21H43KN6O8. The van der Waals surface area contributed by atoms with Gasteiger partial charge in [-0.2, -0.15) is 0 Å². The number of nitrogens with two attached hydrogens (primary N) is 1. The number of carboxylic acid groups (broad SMARTS) is 1. The van der Waals surface area contributed by atoms with Crippen LogP contribution in [0.3, 0.4) is 0 Å². The zero-order valence-electron chi connectivity index (χ0n) is 22.7. The van der Waals surface area contributed by atoms with Crippen molar-refractivity contribution in [2.24, 2.45) is 5.73 Å². The number of carboxylic acids is 1. The number of primary amides is 1. The summed E-state index contributed by atoms with van der Waals surface area (Å²) in [6.45, 7) is 10.9. The van der Waals surface area contributed by atoms with Crippen LogP contribution in [0.4, 0.5) is 0 Å². The summed E-state index contributed by atoms with van der Waals surface area (Å²) in [5.74, 6) is -3.26. The molecule has 3 unspecified atom stereocenters. The second kappa shape index (κ2) is 29.8. The third kappa shape index (κ3) is 34.7. The third-order valence-corrected chi connectivity index (χ3v) is 3.27. The zero-order valence-corrected chi connectivity index (χ0v) is 25.8. The standard InChI is InChI=1S/C7H15N3O3.C7H11N2O4.C5H11NO.C2H6.K/c1-4(11)6(7(8)13)10-5(12)3-9-2;1-4(10)3-9-7(13)5(8)2-6(11)12;1-3-4-6-5(2)7;1-2;/h4,6,9,11H,3H2,1-2H3,(H2,8,13)(H,10,12);5,8H,2-3H2,1H3,(H,9,13)(H,11,12);3-4H2,1-2H3,(H,6,7);1-2H3;/q;-1;;;+1. The van der Waals surface area contributed by atoms with Crippen LogP contribution in [0.2, 0.25) is 0 Å². The van der Waals surface area contributed by atoms with Gasteiger partial charge in [0.15, 0.2) is 0 Å². The number of hydrogen-bond donors (Lipinski definition) is 7. The van der Waals surface area contributed by atoms with Crippen molar-refractivity contribution >= 4 is 35.4 Å². The minimum atomic E-state index is -1.35. The molecule has 0 spiro atoms. The second-order valence-corrected chi connectivity index (χ2v) is 6.77. The van der Waals surface area contributed by atoms with Crippen LogP contribution in [0.15, 0.2) is 0 Å². The minimum absolute atomic E-state index is 0. The van der Waals surface area contributed by atoms with Gasteiger partial charge in [-0.15, -0.1) is 0 Å². The molecule has 0 heterocycles. The van der Waals surface area contributed by atoms with Crippen molar-refractivity contribution in [3.8, 4) is 0 Å². The fraction of sp³-hybridized carbons (Fsp3) is 0.714. The van der Waals surface area contributed by atoms with Crippen molar-refractivity contribution in [2.75, 3.05) is 26.7 Å². The van der Waals surface area contributed by atoms with E-state index in [9.17, 15) is 28.8 Å². The first-order chi connectivity index (χ1) is 16.2. The van der Waals surface area contributed by atoms with Crippen LogP contribution in [-0.4, -0.2) is 90.5 Å². The Morgan fingerprint density at radius 3 is 1.78 bits per heavy atom.